The number of Topliss-reactive ketones (excluding diaryl/α,β-unsaturated/α-hetero) is 1. The molecule has 0 unspecified atom stereocenters. The van der Waals surface area contributed by atoms with Crippen molar-refractivity contribution in [1.82, 2.24) is 14.5 Å². The van der Waals surface area contributed by atoms with Crippen molar-refractivity contribution in [3.63, 3.8) is 0 Å². The minimum Gasteiger partial charge on any atom is -0.375 e. The van der Waals surface area contributed by atoms with E-state index in [-0.39, 0.29) is 12.2 Å². The van der Waals surface area contributed by atoms with Crippen LogP contribution in [0.25, 0.3) is 0 Å². The first-order valence-electron chi connectivity index (χ1n) is 4.95. The Morgan fingerprint density at radius 2 is 2.44 bits per heavy atom. The highest BCUT2D eigenvalue weighted by atomic mass is 32.1. The van der Waals surface area contributed by atoms with Gasteiger partial charge in [-0.25, -0.2) is 9.97 Å². The average molecular weight is 236 g/mol. The van der Waals surface area contributed by atoms with Crippen LogP contribution in [0.4, 0.5) is 5.13 Å². The Morgan fingerprint density at radius 3 is 3.06 bits per heavy atom. The smallest absolute Gasteiger partial charge is 0.204 e. The van der Waals surface area contributed by atoms with E-state index in [4.69, 9.17) is 5.73 Å². The third kappa shape index (κ3) is 2.11. The quantitative estimate of drug-likeness (QED) is 0.813. The van der Waals surface area contributed by atoms with Crippen molar-refractivity contribution in [2.24, 2.45) is 0 Å². The number of imidazole rings is 1. The summed E-state index contributed by atoms with van der Waals surface area (Å²) in [6, 6.07) is 0. The fourth-order valence-corrected chi connectivity index (χ4v) is 2.03. The standard InChI is InChI=1S/C10H12N4OS/c1-2-14-4-3-12-9(14)8(15)5-7-6-16-10(11)13-7/h3-4,6H,2,5H2,1H3,(H2,11,13). The number of nitrogens with zero attached hydrogens (tertiary/aromatic N) is 3. The number of carbonyl (C=O) groups is 1. The molecule has 2 aromatic heterocycles. The number of rotatable bonds is 4. The molecule has 0 aromatic carbocycles. The zero-order valence-corrected chi connectivity index (χ0v) is 9.70. The lowest BCUT2D eigenvalue weighted by atomic mass is 10.2. The molecule has 2 rings (SSSR count). The van der Waals surface area contributed by atoms with Gasteiger partial charge in [0.15, 0.2) is 11.0 Å². The van der Waals surface area contributed by atoms with Gasteiger partial charge >= 0.3 is 0 Å². The van der Waals surface area contributed by atoms with Crippen LogP contribution in [0.2, 0.25) is 0 Å². The van der Waals surface area contributed by atoms with Gasteiger partial charge in [0.25, 0.3) is 0 Å². The number of aryl methyl sites for hydroxylation is 1. The number of anilines is 1. The topological polar surface area (TPSA) is 73.8 Å². The van der Waals surface area contributed by atoms with Gasteiger partial charge in [-0.2, -0.15) is 0 Å². The van der Waals surface area contributed by atoms with Gasteiger partial charge in [0.1, 0.15) is 0 Å². The van der Waals surface area contributed by atoms with Crippen LogP contribution in [0.3, 0.4) is 0 Å². The number of hydrogen-bond donors (Lipinski definition) is 1. The summed E-state index contributed by atoms with van der Waals surface area (Å²) in [5, 5.41) is 2.29. The van der Waals surface area contributed by atoms with E-state index < -0.39 is 0 Å². The van der Waals surface area contributed by atoms with Gasteiger partial charge in [-0.05, 0) is 6.92 Å². The molecule has 2 aromatic rings. The monoisotopic (exact) mass is 236 g/mol. The Morgan fingerprint density at radius 1 is 1.62 bits per heavy atom. The Labute approximate surface area is 96.9 Å². The third-order valence-corrected chi connectivity index (χ3v) is 2.94. The molecule has 2 N–H and O–H groups in total. The molecular formula is C10H12N4OS. The van der Waals surface area contributed by atoms with Crippen molar-refractivity contribution in [1.29, 1.82) is 0 Å². The highest BCUT2D eigenvalue weighted by Gasteiger charge is 2.14. The molecule has 0 saturated heterocycles. The van der Waals surface area contributed by atoms with Crippen molar-refractivity contribution < 1.29 is 4.79 Å². The Hall–Kier alpha value is -1.69. The van der Waals surface area contributed by atoms with Crippen LogP contribution in [0.1, 0.15) is 23.2 Å². The molecule has 0 bridgehead atoms. The van der Waals surface area contributed by atoms with Gasteiger partial charge in [0.05, 0.1) is 12.1 Å². The predicted octanol–water partition coefficient (Wildman–Crippen LogP) is 1.37. The molecule has 0 fully saturated rings. The number of aromatic nitrogens is 3. The van der Waals surface area contributed by atoms with Crippen molar-refractivity contribution in [3.05, 3.63) is 29.3 Å². The largest absolute Gasteiger partial charge is 0.375 e. The van der Waals surface area contributed by atoms with E-state index in [2.05, 4.69) is 9.97 Å². The Kier molecular flexibility index (Phi) is 3.00. The minimum absolute atomic E-state index is 0.0304. The number of ketones is 1. The molecule has 0 aliphatic heterocycles. The Bertz CT molecular complexity index is 502. The van der Waals surface area contributed by atoms with Crippen LogP contribution < -0.4 is 5.73 Å². The second-order valence-electron chi connectivity index (χ2n) is 3.31. The average Bonchev–Trinajstić information content (AvgIpc) is 2.86. The number of carbonyl (C=O) groups excluding carboxylic acids is 1. The van der Waals surface area contributed by atoms with Gasteiger partial charge in [-0.3, -0.25) is 4.79 Å². The maximum Gasteiger partial charge on any atom is 0.204 e. The summed E-state index contributed by atoms with van der Waals surface area (Å²) in [6.45, 7) is 2.71. The van der Waals surface area contributed by atoms with Crippen LogP contribution in [0, 0.1) is 0 Å². The summed E-state index contributed by atoms with van der Waals surface area (Å²) in [5.74, 6) is 0.450. The molecule has 6 heteroatoms. The first-order chi connectivity index (χ1) is 7.70. The lowest BCUT2D eigenvalue weighted by molar-refractivity contribution is 0.0978. The van der Waals surface area contributed by atoms with E-state index in [1.165, 1.54) is 11.3 Å². The van der Waals surface area contributed by atoms with Crippen molar-refractivity contribution >= 4 is 22.3 Å². The first kappa shape index (κ1) is 10.8. The molecule has 5 nitrogen and oxygen atoms in total. The maximum absolute atomic E-state index is 11.9. The normalized spacial score (nSPS) is 10.6. The van der Waals surface area contributed by atoms with Gasteiger partial charge in [0.2, 0.25) is 5.78 Å². The van der Waals surface area contributed by atoms with Crippen LogP contribution in [0.5, 0.6) is 0 Å². The highest BCUT2D eigenvalue weighted by Crippen LogP contribution is 2.13. The first-order valence-corrected chi connectivity index (χ1v) is 5.83. The van der Waals surface area contributed by atoms with Gasteiger partial charge in [-0.1, -0.05) is 0 Å². The fraction of sp³-hybridized carbons (Fsp3) is 0.300. The predicted molar refractivity (Wildman–Crippen MR) is 62.5 cm³/mol. The lowest BCUT2D eigenvalue weighted by Gasteiger charge is -2.01. The summed E-state index contributed by atoms with van der Waals surface area (Å²) in [7, 11) is 0. The van der Waals surface area contributed by atoms with Crippen molar-refractivity contribution in [2.45, 2.75) is 19.9 Å². The number of nitrogens with two attached hydrogens (primary N) is 1. The number of hydrogen-bond acceptors (Lipinski definition) is 5. The van der Waals surface area contributed by atoms with Crippen LogP contribution in [-0.2, 0) is 13.0 Å². The molecule has 0 radical (unpaired) electrons. The molecule has 0 saturated carbocycles. The van der Waals surface area contributed by atoms with E-state index in [0.29, 0.717) is 16.6 Å². The second kappa shape index (κ2) is 4.44. The Balaban J connectivity index is 2.14. The van der Waals surface area contributed by atoms with Crippen molar-refractivity contribution in [3.8, 4) is 0 Å². The van der Waals surface area contributed by atoms with Gasteiger partial charge < -0.3 is 10.3 Å². The lowest BCUT2D eigenvalue weighted by Crippen LogP contribution is -2.12. The van der Waals surface area contributed by atoms with E-state index >= 15 is 0 Å². The SMILES string of the molecule is CCn1ccnc1C(=O)Cc1csc(N)n1. The van der Waals surface area contributed by atoms with Crippen LogP contribution in [0.15, 0.2) is 17.8 Å². The molecule has 0 amide bonds. The van der Waals surface area contributed by atoms with Gasteiger partial charge in [0, 0.05) is 24.3 Å². The van der Waals surface area contributed by atoms with Crippen LogP contribution >= 0.6 is 11.3 Å². The summed E-state index contributed by atoms with van der Waals surface area (Å²) >= 11 is 1.34. The van der Waals surface area contributed by atoms with E-state index in [1.807, 2.05) is 11.5 Å². The summed E-state index contributed by atoms with van der Waals surface area (Å²) in [5.41, 5.74) is 6.21. The summed E-state index contributed by atoms with van der Waals surface area (Å²) < 4.78 is 1.82. The minimum atomic E-state index is -0.0304. The molecule has 0 atom stereocenters. The van der Waals surface area contributed by atoms with E-state index in [0.717, 1.165) is 6.54 Å². The molecular weight excluding hydrogens is 224 g/mol. The zero-order chi connectivity index (χ0) is 11.5. The zero-order valence-electron chi connectivity index (χ0n) is 8.88. The second-order valence-corrected chi connectivity index (χ2v) is 4.20. The van der Waals surface area contributed by atoms with E-state index in [9.17, 15) is 4.79 Å². The van der Waals surface area contributed by atoms with Crippen LogP contribution in [-0.4, -0.2) is 20.3 Å². The molecule has 2 heterocycles. The molecule has 0 spiro atoms. The van der Waals surface area contributed by atoms with Gasteiger partial charge in [-0.15, -0.1) is 11.3 Å². The molecule has 0 aliphatic carbocycles. The molecule has 16 heavy (non-hydrogen) atoms. The van der Waals surface area contributed by atoms with Crippen molar-refractivity contribution in [2.75, 3.05) is 5.73 Å². The summed E-state index contributed by atoms with van der Waals surface area (Å²) in [6.07, 6.45) is 3.68. The number of nitrogen functional groups attached to an aromatic ring is 1. The molecule has 0 aliphatic rings. The molecule has 84 valence electrons. The van der Waals surface area contributed by atoms with E-state index in [1.54, 1.807) is 17.8 Å². The third-order valence-electron chi connectivity index (χ3n) is 2.22. The highest BCUT2D eigenvalue weighted by molar-refractivity contribution is 7.13. The number of thiazole rings is 1. The maximum atomic E-state index is 11.9. The summed E-state index contributed by atoms with van der Waals surface area (Å²) in [4.78, 5) is 20.0. The fourth-order valence-electron chi connectivity index (χ4n) is 1.46.